The van der Waals surface area contributed by atoms with Crippen LogP contribution in [0.2, 0.25) is 0 Å². The standard InChI is InChI=1S/C21H34N2O4S/c1-5-6-7-8-9-10-11-22-20(24)16-14-28-21(23-16)15-12-17(25-2)19(27-4)18(13-15)26-3/h12-13,16,21,23H,5-11,14H2,1-4H3,(H,22,24)/t16-,21?/m0/s1. The maximum atomic E-state index is 12.4. The molecule has 6 nitrogen and oxygen atoms in total. The van der Waals surface area contributed by atoms with Crippen molar-refractivity contribution in [1.82, 2.24) is 10.6 Å². The lowest BCUT2D eigenvalue weighted by atomic mass is 10.1. The molecule has 0 saturated carbocycles. The highest BCUT2D eigenvalue weighted by Gasteiger charge is 2.31. The van der Waals surface area contributed by atoms with E-state index in [4.69, 9.17) is 14.2 Å². The lowest BCUT2D eigenvalue weighted by Gasteiger charge is -2.18. The molecule has 1 aliphatic rings. The summed E-state index contributed by atoms with van der Waals surface area (Å²) in [7, 11) is 4.80. The molecule has 1 amide bonds. The van der Waals surface area contributed by atoms with Gasteiger partial charge in [0, 0.05) is 12.3 Å². The Morgan fingerprint density at radius 1 is 1.07 bits per heavy atom. The van der Waals surface area contributed by atoms with Gasteiger partial charge in [0.05, 0.1) is 32.7 Å². The summed E-state index contributed by atoms with van der Waals surface area (Å²) in [4.78, 5) is 12.4. The topological polar surface area (TPSA) is 68.8 Å². The summed E-state index contributed by atoms with van der Waals surface area (Å²) in [5.74, 6) is 2.63. The predicted octanol–water partition coefficient (Wildman–Crippen LogP) is 3.89. The van der Waals surface area contributed by atoms with E-state index < -0.39 is 0 Å². The van der Waals surface area contributed by atoms with Crippen molar-refractivity contribution in [2.75, 3.05) is 33.6 Å². The molecule has 1 aliphatic heterocycles. The second-order valence-electron chi connectivity index (χ2n) is 6.95. The Morgan fingerprint density at radius 3 is 2.32 bits per heavy atom. The number of hydrogen-bond donors (Lipinski definition) is 2. The molecule has 0 radical (unpaired) electrons. The number of hydrogen-bond acceptors (Lipinski definition) is 6. The summed E-state index contributed by atoms with van der Waals surface area (Å²) in [5, 5.41) is 6.49. The van der Waals surface area contributed by atoms with Crippen LogP contribution in [0.25, 0.3) is 0 Å². The van der Waals surface area contributed by atoms with E-state index in [1.807, 2.05) is 12.1 Å². The van der Waals surface area contributed by atoms with Gasteiger partial charge in [-0.15, -0.1) is 11.8 Å². The molecule has 2 rings (SSSR count). The first-order valence-electron chi connectivity index (χ1n) is 10.1. The minimum atomic E-state index is -0.186. The zero-order valence-corrected chi connectivity index (χ0v) is 18.3. The molecule has 0 aliphatic carbocycles. The number of nitrogens with one attached hydrogen (secondary N) is 2. The first-order valence-corrected chi connectivity index (χ1v) is 11.1. The molecule has 1 heterocycles. The fourth-order valence-electron chi connectivity index (χ4n) is 3.31. The van der Waals surface area contributed by atoms with Gasteiger partial charge in [-0.3, -0.25) is 10.1 Å². The minimum absolute atomic E-state index is 0.0125. The average molecular weight is 411 g/mol. The molecule has 2 atom stereocenters. The van der Waals surface area contributed by atoms with Crippen LogP contribution < -0.4 is 24.8 Å². The summed E-state index contributed by atoms with van der Waals surface area (Å²) in [6.45, 7) is 2.97. The highest BCUT2D eigenvalue weighted by molar-refractivity contribution is 7.99. The Kier molecular flexibility index (Phi) is 9.78. The molecule has 0 aromatic heterocycles. The molecule has 0 bridgehead atoms. The first-order chi connectivity index (χ1) is 13.6. The number of rotatable bonds is 12. The van der Waals surface area contributed by atoms with Crippen LogP contribution >= 0.6 is 11.8 Å². The van der Waals surface area contributed by atoms with E-state index in [2.05, 4.69) is 17.6 Å². The van der Waals surface area contributed by atoms with E-state index in [1.165, 1.54) is 32.1 Å². The molecule has 2 N–H and O–H groups in total. The van der Waals surface area contributed by atoms with Crippen LogP contribution in [0.1, 0.15) is 56.4 Å². The van der Waals surface area contributed by atoms with Crippen molar-refractivity contribution in [3.63, 3.8) is 0 Å². The Labute approximate surface area is 173 Å². The number of thioether (sulfide) groups is 1. The van der Waals surface area contributed by atoms with Crippen LogP contribution in [0.4, 0.5) is 0 Å². The molecule has 28 heavy (non-hydrogen) atoms. The summed E-state index contributed by atoms with van der Waals surface area (Å²) in [6.07, 6.45) is 7.34. The molecule has 1 saturated heterocycles. The number of carbonyl (C=O) groups is 1. The predicted molar refractivity (Wildman–Crippen MR) is 115 cm³/mol. The van der Waals surface area contributed by atoms with Gasteiger partial charge in [0.25, 0.3) is 0 Å². The first kappa shape index (κ1) is 22.7. The second kappa shape index (κ2) is 12.1. The van der Waals surface area contributed by atoms with E-state index in [9.17, 15) is 4.79 Å². The van der Waals surface area contributed by atoms with Crippen LogP contribution in [0.15, 0.2) is 12.1 Å². The third-order valence-electron chi connectivity index (χ3n) is 4.92. The molecule has 0 spiro atoms. The van der Waals surface area contributed by atoms with Gasteiger partial charge in [-0.05, 0) is 24.1 Å². The van der Waals surface area contributed by atoms with E-state index in [-0.39, 0.29) is 17.3 Å². The molecule has 7 heteroatoms. The molecule has 1 fully saturated rings. The maximum Gasteiger partial charge on any atom is 0.238 e. The summed E-state index contributed by atoms with van der Waals surface area (Å²) < 4.78 is 16.2. The van der Waals surface area contributed by atoms with Crippen molar-refractivity contribution in [3.8, 4) is 17.2 Å². The van der Waals surface area contributed by atoms with Crippen molar-refractivity contribution in [2.24, 2.45) is 0 Å². The highest BCUT2D eigenvalue weighted by atomic mass is 32.2. The summed E-state index contributed by atoms with van der Waals surface area (Å²) in [6, 6.07) is 3.68. The van der Waals surface area contributed by atoms with Crippen LogP contribution in [-0.4, -0.2) is 45.6 Å². The van der Waals surface area contributed by atoms with Gasteiger partial charge in [0.15, 0.2) is 11.5 Å². The number of amides is 1. The molecule has 1 unspecified atom stereocenters. The smallest absolute Gasteiger partial charge is 0.238 e. The lowest BCUT2D eigenvalue weighted by molar-refractivity contribution is -0.122. The third kappa shape index (κ3) is 6.21. The Bertz CT molecular complexity index is 601. The normalized spacial score (nSPS) is 18.7. The van der Waals surface area contributed by atoms with E-state index >= 15 is 0 Å². The van der Waals surface area contributed by atoms with Crippen LogP contribution in [-0.2, 0) is 4.79 Å². The second-order valence-corrected chi connectivity index (χ2v) is 8.09. The van der Waals surface area contributed by atoms with Crippen molar-refractivity contribution >= 4 is 17.7 Å². The van der Waals surface area contributed by atoms with Crippen molar-refractivity contribution in [2.45, 2.75) is 56.9 Å². The maximum absolute atomic E-state index is 12.4. The van der Waals surface area contributed by atoms with E-state index in [0.717, 1.165) is 24.3 Å². The zero-order chi connectivity index (χ0) is 20.4. The van der Waals surface area contributed by atoms with Crippen LogP contribution in [0, 0.1) is 0 Å². The molecule has 1 aromatic carbocycles. The highest BCUT2D eigenvalue weighted by Crippen LogP contribution is 2.43. The van der Waals surface area contributed by atoms with Crippen molar-refractivity contribution in [3.05, 3.63) is 17.7 Å². The van der Waals surface area contributed by atoms with Crippen LogP contribution in [0.5, 0.6) is 17.2 Å². The fraction of sp³-hybridized carbons (Fsp3) is 0.667. The number of ether oxygens (including phenoxy) is 3. The Balaban J connectivity index is 1.85. The minimum Gasteiger partial charge on any atom is -0.493 e. The SMILES string of the molecule is CCCCCCCCNC(=O)[C@@H]1CSC(c2cc(OC)c(OC)c(OC)c2)N1. The average Bonchev–Trinajstić information content (AvgIpc) is 3.22. The van der Waals surface area contributed by atoms with E-state index in [1.54, 1.807) is 33.1 Å². The Morgan fingerprint density at radius 2 is 1.71 bits per heavy atom. The number of benzene rings is 1. The monoisotopic (exact) mass is 410 g/mol. The van der Waals surface area contributed by atoms with Crippen LogP contribution in [0.3, 0.4) is 0 Å². The van der Waals surface area contributed by atoms with Gasteiger partial charge in [-0.1, -0.05) is 39.0 Å². The quantitative estimate of drug-likeness (QED) is 0.510. The zero-order valence-electron chi connectivity index (χ0n) is 17.5. The largest absolute Gasteiger partial charge is 0.493 e. The van der Waals surface area contributed by atoms with Gasteiger partial charge in [0.1, 0.15) is 0 Å². The molecular formula is C21H34N2O4S. The van der Waals surface area contributed by atoms with E-state index in [0.29, 0.717) is 17.2 Å². The fourth-order valence-corrected chi connectivity index (χ4v) is 4.53. The van der Waals surface area contributed by atoms with Gasteiger partial charge in [-0.2, -0.15) is 0 Å². The molecule has 158 valence electrons. The van der Waals surface area contributed by atoms with Gasteiger partial charge in [-0.25, -0.2) is 0 Å². The lowest BCUT2D eigenvalue weighted by Crippen LogP contribution is -2.42. The van der Waals surface area contributed by atoms with Gasteiger partial charge in [0.2, 0.25) is 11.7 Å². The van der Waals surface area contributed by atoms with Gasteiger partial charge >= 0.3 is 0 Å². The molecular weight excluding hydrogens is 376 g/mol. The Hall–Kier alpha value is -1.60. The van der Waals surface area contributed by atoms with Crippen molar-refractivity contribution in [1.29, 1.82) is 0 Å². The summed E-state index contributed by atoms with van der Waals surface area (Å²) in [5.41, 5.74) is 1.01. The number of unbranched alkanes of at least 4 members (excludes halogenated alkanes) is 5. The summed E-state index contributed by atoms with van der Waals surface area (Å²) >= 11 is 1.71. The molecule has 1 aromatic rings. The van der Waals surface area contributed by atoms with Crippen molar-refractivity contribution < 1.29 is 19.0 Å². The number of methoxy groups -OCH3 is 3. The third-order valence-corrected chi connectivity index (χ3v) is 6.19. The van der Waals surface area contributed by atoms with Gasteiger partial charge < -0.3 is 19.5 Å². The number of carbonyl (C=O) groups excluding carboxylic acids is 1.